The Hall–Kier alpha value is -3.81. The number of carboxylic acid groups (broad SMARTS) is 1. The van der Waals surface area contributed by atoms with Gasteiger partial charge in [-0.2, -0.15) is 4.98 Å². The number of carbonyl (C=O) groups is 2. The van der Waals surface area contributed by atoms with Crippen molar-refractivity contribution in [2.45, 2.75) is 0 Å². The Bertz CT molecular complexity index is 1140. The third-order valence-electron chi connectivity index (χ3n) is 4.19. The summed E-state index contributed by atoms with van der Waals surface area (Å²) in [4.78, 5) is 27.7. The fourth-order valence-electron chi connectivity index (χ4n) is 2.97. The standard InChI is InChI=1S/C19H16N4O4/c24-17(20-7-8-21-19(25)26)16-15(22-18-23(16)9-10-27-18)14-6-5-12-3-1-2-4-13(12)11-14/h1-6,9-11,21H,7-8H2,(H,20,24)(H,25,26). The van der Waals surface area contributed by atoms with E-state index in [2.05, 4.69) is 15.6 Å². The van der Waals surface area contributed by atoms with Crippen molar-refractivity contribution in [1.29, 1.82) is 0 Å². The maximum absolute atomic E-state index is 12.7. The number of fused-ring (bicyclic) bond motifs is 2. The molecule has 0 aliphatic heterocycles. The summed E-state index contributed by atoms with van der Waals surface area (Å²) in [6.07, 6.45) is 1.94. The van der Waals surface area contributed by atoms with Crippen molar-refractivity contribution in [3.63, 3.8) is 0 Å². The minimum atomic E-state index is -1.14. The third kappa shape index (κ3) is 3.20. The van der Waals surface area contributed by atoms with Gasteiger partial charge in [0, 0.05) is 24.8 Å². The fourth-order valence-corrected chi connectivity index (χ4v) is 2.97. The van der Waals surface area contributed by atoms with Crippen molar-refractivity contribution in [2.75, 3.05) is 13.1 Å². The predicted octanol–water partition coefficient (Wildman–Crippen LogP) is 2.74. The smallest absolute Gasteiger partial charge is 0.404 e. The molecule has 8 nitrogen and oxygen atoms in total. The highest BCUT2D eigenvalue weighted by molar-refractivity contribution is 6.00. The van der Waals surface area contributed by atoms with Gasteiger partial charge in [-0.05, 0) is 16.8 Å². The number of oxazole rings is 1. The number of imidazole rings is 1. The van der Waals surface area contributed by atoms with Crippen molar-refractivity contribution >= 4 is 28.6 Å². The molecule has 0 fully saturated rings. The number of nitrogens with zero attached hydrogens (tertiary/aromatic N) is 2. The Balaban J connectivity index is 1.70. The summed E-state index contributed by atoms with van der Waals surface area (Å²) in [6.45, 7) is 0.271. The molecule has 0 aliphatic rings. The Morgan fingerprint density at radius 3 is 2.67 bits per heavy atom. The van der Waals surface area contributed by atoms with Gasteiger partial charge in [0.25, 0.3) is 5.91 Å². The van der Waals surface area contributed by atoms with Gasteiger partial charge in [-0.3, -0.25) is 9.20 Å². The predicted molar refractivity (Wildman–Crippen MR) is 98.8 cm³/mol. The van der Waals surface area contributed by atoms with E-state index >= 15 is 0 Å². The van der Waals surface area contributed by atoms with Crippen molar-refractivity contribution in [1.82, 2.24) is 20.0 Å². The van der Waals surface area contributed by atoms with Crippen molar-refractivity contribution in [2.24, 2.45) is 0 Å². The number of aromatic nitrogens is 2. The first-order valence-electron chi connectivity index (χ1n) is 8.33. The van der Waals surface area contributed by atoms with E-state index in [1.54, 1.807) is 10.6 Å². The lowest BCUT2D eigenvalue weighted by Gasteiger charge is -2.07. The number of amides is 2. The Morgan fingerprint density at radius 1 is 1.07 bits per heavy atom. The normalized spacial score (nSPS) is 11.0. The highest BCUT2D eigenvalue weighted by atomic mass is 16.4. The fraction of sp³-hybridized carbons (Fsp3) is 0.105. The first kappa shape index (κ1) is 16.6. The van der Waals surface area contributed by atoms with Crippen LogP contribution >= 0.6 is 0 Å². The van der Waals surface area contributed by atoms with Crippen LogP contribution in [-0.4, -0.2) is 39.6 Å². The van der Waals surface area contributed by atoms with Crippen LogP contribution in [0.5, 0.6) is 0 Å². The van der Waals surface area contributed by atoms with Gasteiger partial charge >= 0.3 is 11.9 Å². The van der Waals surface area contributed by atoms with Crippen LogP contribution in [0.3, 0.4) is 0 Å². The minimum Gasteiger partial charge on any atom is -0.465 e. The van der Waals surface area contributed by atoms with Crippen LogP contribution in [-0.2, 0) is 0 Å². The van der Waals surface area contributed by atoms with Gasteiger partial charge in [0.05, 0.1) is 0 Å². The zero-order valence-electron chi connectivity index (χ0n) is 14.2. The maximum atomic E-state index is 12.7. The van der Waals surface area contributed by atoms with Crippen LogP contribution in [0, 0.1) is 0 Å². The molecule has 0 bridgehead atoms. The largest absolute Gasteiger partial charge is 0.465 e. The van der Waals surface area contributed by atoms with Gasteiger partial charge in [0.15, 0.2) is 0 Å². The van der Waals surface area contributed by atoms with Gasteiger partial charge in [-0.1, -0.05) is 36.4 Å². The highest BCUT2D eigenvalue weighted by Crippen LogP contribution is 2.28. The molecule has 0 radical (unpaired) electrons. The van der Waals surface area contributed by atoms with Crippen LogP contribution in [0.25, 0.3) is 27.9 Å². The van der Waals surface area contributed by atoms with E-state index in [0.717, 1.165) is 16.3 Å². The molecule has 0 spiro atoms. The van der Waals surface area contributed by atoms with Gasteiger partial charge < -0.3 is 20.2 Å². The monoisotopic (exact) mass is 364 g/mol. The third-order valence-corrected chi connectivity index (χ3v) is 4.19. The molecule has 4 rings (SSSR count). The van der Waals surface area contributed by atoms with Crippen LogP contribution in [0.1, 0.15) is 10.5 Å². The molecule has 0 unspecified atom stereocenters. The average molecular weight is 364 g/mol. The van der Waals surface area contributed by atoms with Gasteiger partial charge in [-0.25, -0.2) is 4.79 Å². The number of rotatable bonds is 5. The second-order valence-corrected chi connectivity index (χ2v) is 5.91. The molecule has 0 aliphatic carbocycles. The lowest BCUT2D eigenvalue weighted by atomic mass is 10.0. The topological polar surface area (TPSA) is 109 Å². The molecular formula is C19H16N4O4. The minimum absolute atomic E-state index is 0.111. The molecule has 2 amide bonds. The van der Waals surface area contributed by atoms with Crippen LogP contribution < -0.4 is 10.6 Å². The maximum Gasteiger partial charge on any atom is 0.404 e. The molecule has 0 atom stereocenters. The van der Waals surface area contributed by atoms with E-state index in [1.807, 2.05) is 42.5 Å². The lowest BCUT2D eigenvalue weighted by molar-refractivity contribution is 0.0948. The van der Waals surface area contributed by atoms with Crippen LogP contribution in [0.4, 0.5) is 4.79 Å². The molecule has 4 aromatic rings. The van der Waals surface area contributed by atoms with E-state index in [0.29, 0.717) is 17.2 Å². The molecule has 0 saturated heterocycles. The van der Waals surface area contributed by atoms with Crippen molar-refractivity contribution in [3.05, 3.63) is 60.6 Å². The number of hydrogen-bond donors (Lipinski definition) is 3. The molecule has 2 heterocycles. The zero-order valence-corrected chi connectivity index (χ0v) is 14.2. The average Bonchev–Trinajstić information content (AvgIpc) is 3.25. The number of hydrogen-bond acceptors (Lipinski definition) is 4. The SMILES string of the molecule is O=C(O)NCCNC(=O)c1c(-c2ccc3ccccc3c2)nc2occn12. The van der Waals surface area contributed by atoms with Crippen LogP contribution in [0.15, 0.2) is 59.3 Å². The summed E-state index contributed by atoms with van der Waals surface area (Å²) < 4.78 is 6.91. The molecule has 27 heavy (non-hydrogen) atoms. The first-order chi connectivity index (χ1) is 13.1. The molecule has 3 N–H and O–H groups in total. The Labute approximate surface area is 153 Å². The van der Waals surface area contributed by atoms with Gasteiger partial charge in [-0.15, -0.1) is 0 Å². The summed E-state index contributed by atoms with van der Waals surface area (Å²) in [6, 6.07) is 13.8. The Kier molecular flexibility index (Phi) is 4.21. The van der Waals surface area contributed by atoms with E-state index in [9.17, 15) is 9.59 Å². The van der Waals surface area contributed by atoms with E-state index < -0.39 is 6.09 Å². The summed E-state index contributed by atoms with van der Waals surface area (Å²) in [5.74, 6) is -0.0498. The van der Waals surface area contributed by atoms with Gasteiger partial charge in [0.2, 0.25) is 0 Å². The highest BCUT2D eigenvalue weighted by Gasteiger charge is 2.22. The summed E-state index contributed by atoms with van der Waals surface area (Å²) >= 11 is 0. The molecule has 2 aromatic heterocycles. The summed E-state index contributed by atoms with van der Waals surface area (Å²) in [7, 11) is 0. The second kappa shape index (κ2) is 6.83. The Morgan fingerprint density at radius 2 is 1.85 bits per heavy atom. The van der Waals surface area contributed by atoms with Gasteiger partial charge in [0.1, 0.15) is 17.7 Å². The molecule has 8 heteroatoms. The van der Waals surface area contributed by atoms with E-state index in [4.69, 9.17) is 9.52 Å². The summed E-state index contributed by atoms with van der Waals surface area (Å²) in [5.41, 5.74) is 1.63. The second-order valence-electron chi connectivity index (χ2n) is 5.91. The molecule has 0 saturated carbocycles. The van der Waals surface area contributed by atoms with Crippen LogP contribution in [0.2, 0.25) is 0 Å². The lowest BCUT2D eigenvalue weighted by Crippen LogP contribution is -2.34. The first-order valence-corrected chi connectivity index (χ1v) is 8.33. The van der Waals surface area contributed by atoms with E-state index in [-0.39, 0.29) is 19.0 Å². The molecule has 136 valence electrons. The quantitative estimate of drug-likeness (QED) is 0.472. The summed E-state index contributed by atoms with van der Waals surface area (Å²) in [5, 5.41) is 15.6. The molecule has 2 aromatic carbocycles. The molecular weight excluding hydrogens is 348 g/mol. The number of carbonyl (C=O) groups excluding carboxylic acids is 1. The van der Waals surface area contributed by atoms with E-state index in [1.165, 1.54) is 6.26 Å². The number of nitrogens with one attached hydrogen (secondary N) is 2. The zero-order chi connectivity index (χ0) is 18.8. The van der Waals surface area contributed by atoms with Crippen molar-refractivity contribution in [3.8, 4) is 11.3 Å². The van der Waals surface area contributed by atoms with Crippen molar-refractivity contribution < 1.29 is 19.1 Å². The number of benzene rings is 2.